The van der Waals surface area contributed by atoms with E-state index in [0.717, 1.165) is 5.56 Å². The molecule has 0 aliphatic carbocycles. The largest absolute Gasteiger partial charge is 0.481 e. The Morgan fingerprint density at radius 1 is 1.42 bits per heavy atom. The first kappa shape index (κ1) is 12.8. The maximum Gasteiger partial charge on any atom is 0.253 e. The van der Waals surface area contributed by atoms with Crippen molar-refractivity contribution in [3.05, 3.63) is 47.9 Å². The lowest BCUT2D eigenvalue weighted by molar-refractivity contribution is 0.0951. The van der Waals surface area contributed by atoms with E-state index in [1.54, 1.807) is 31.5 Å². The highest BCUT2D eigenvalue weighted by Crippen LogP contribution is 2.10. The third kappa shape index (κ3) is 3.19. The average molecular weight is 258 g/mol. The molecule has 0 unspecified atom stereocenters. The highest BCUT2D eigenvalue weighted by Gasteiger charge is 2.08. The molecular weight excluding hydrogens is 244 g/mol. The monoisotopic (exact) mass is 258 g/mol. The molecular formula is C13H14N4O2. The van der Waals surface area contributed by atoms with Crippen molar-refractivity contribution >= 4 is 11.6 Å². The van der Waals surface area contributed by atoms with Gasteiger partial charge in [0.15, 0.2) is 0 Å². The van der Waals surface area contributed by atoms with Crippen LogP contribution >= 0.6 is 0 Å². The Bertz CT molecular complexity index is 586. The fraction of sp³-hybridized carbons (Fsp3) is 0.154. The first-order chi connectivity index (χ1) is 9.20. The van der Waals surface area contributed by atoms with Crippen LogP contribution in [-0.2, 0) is 6.54 Å². The van der Waals surface area contributed by atoms with Gasteiger partial charge < -0.3 is 15.8 Å². The number of carbonyl (C=O) groups excluding carboxylic acids is 1. The molecule has 0 spiro atoms. The van der Waals surface area contributed by atoms with Gasteiger partial charge in [0.1, 0.15) is 0 Å². The number of anilines is 1. The first-order valence-electron chi connectivity index (χ1n) is 5.67. The van der Waals surface area contributed by atoms with Crippen molar-refractivity contribution in [1.29, 1.82) is 0 Å². The highest BCUT2D eigenvalue weighted by atomic mass is 16.5. The molecule has 6 nitrogen and oxygen atoms in total. The Hall–Kier alpha value is -2.63. The summed E-state index contributed by atoms with van der Waals surface area (Å²) in [5.74, 6) is 0.269. The second-order valence-corrected chi connectivity index (χ2v) is 3.85. The standard InChI is InChI=1S/C13H14N4O2/c1-19-12-6-9(2-5-16-12)7-17-13(18)10-3-4-15-8-11(10)14/h2-6,8H,7,14H2,1H3,(H,17,18). The van der Waals surface area contributed by atoms with Crippen molar-refractivity contribution in [2.24, 2.45) is 0 Å². The summed E-state index contributed by atoms with van der Waals surface area (Å²) in [5, 5.41) is 2.78. The van der Waals surface area contributed by atoms with Gasteiger partial charge in [-0.1, -0.05) is 0 Å². The summed E-state index contributed by atoms with van der Waals surface area (Å²) in [6, 6.07) is 5.15. The molecule has 98 valence electrons. The van der Waals surface area contributed by atoms with E-state index in [2.05, 4.69) is 15.3 Å². The quantitative estimate of drug-likeness (QED) is 0.853. The number of methoxy groups -OCH3 is 1. The van der Waals surface area contributed by atoms with E-state index in [1.807, 2.05) is 0 Å². The van der Waals surface area contributed by atoms with Crippen LogP contribution in [0.1, 0.15) is 15.9 Å². The van der Waals surface area contributed by atoms with Crippen LogP contribution in [0.4, 0.5) is 5.69 Å². The van der Waals surface area contributed by atoms with E-state index in [-0.39, 0.29) is 5.91 Å². The van der Waals surface area contributed by atoms with Gasteiger partial charge >= 0.3 is 0 Å². The number of nitrogen functional groups attached to an aromatic ring is 1. The van der Waals surface area contributed by atoms with Crippen LogP contribution in [-0.4, -0.2) is 23.0 Å². The van der Waals surface area contributed by atoms with E-state index >= 15 is 0 Å². The first-order valence-corrected chi connectivity index (χ1v) is 5.67. The summed E-state index contributed by atoms with van der Waals surface area (Å²) in [6.45, 7) is 0.374. The summed E-state index contributed by atoms with van der Waals surface area (Å²) in [6.07, 6.45) is 4.60. The fourth-order valence-electron chi connectivity index (χ4n) is 1.56. The van der Waals surface area contributed by atoms with Gasteiger partial charge in [0.2, 0.25) is 5.88 Å². The van der Waals surface area contributed by atoms with E-state index < -0.39 is 0 Å². The minimum atomic E-state index is -0.240. The van der Waals surface area contributed by atoms with Crippen LogP contribution in [0.2, 0.25) is 0 Å². The van der Waals surface area contributed by atoms with Crippen molar-refractivity contribution in [2.75, 3.05) is 12.8 Å². The van der Waals surface area contributed by atoms with Crippen LogP contribution < -0.4 is 15.8 Å². The minimum absolute atomic E-state index is 0.240. The van der Waals surface area contributed by atoms with Crippen molar-refractivity contribution < 1.29 is 9.53 Å². The predicted octanol–water partition coefficient (Wildman–Crippen LogP) is 0.997. The van der Waals surface area contributed by atoms with Crippen molar-refractivity contribution in [2.45, 2.75) is 6.54 Å². The molecule has 3 N–H and O–H groups in total. The third-order valence-corrected chi connectivity index (χ3v) is 2.56. The summed E-state index contributed by atoms with van der Waals surface area (Å²) < 4.78 is 5.01. The van der Waals surface area contributed by atoms with Crippen molar-refractivity contribution in [3.63, 3.8) is 0 Å². The van der Waals surface area contributed by atoms with Gasteiger partial charge in [-0.25, -0.2) is 4.98 Å². The fourth-order valence-corrected chi connectivity index (χ4v) is 1.56. The lowest BCUT2D eigenvalue weighted by Crippen LogP contribution is -2.23. The molecule has 2 heterocycles. The summed E-state index contributed by atoms with van der Waals surface area (Å²) in [7, 11) is 1.54. The molecule has 0 aromatic carbocycles. The number of pyridine rings is 2. The molecule has 0 saturated heterocycles. The number of hydrogen-bond donors (Lipinski definition) is 2. The molecule has 19 heavy (non-hydrogen) atoms. The van der Waals surface area contributed by atoms with Gasteiger partial charge in [0.25, 0.3) is 5.91 Å². The van der Waals surface area contributed by atoms with E-state index in [0.29, 0.717) is 23.7 Å². The van der Waals surface area contributed by atoms with E-state index in [9.17, 15) is 4.79 Å². The number of rotatable bonds is 4. The lowest BCUT2D eigenvalue weighted by atomic mass is 10.2. The summed E-state index contributed by atoms with van der Waals surface area (Å²) in [5.41, 5.74) is 7.35. The number of nitrogens with one attached hydrogen (secondary N) is 1. The molecule has 2 aromatic rings. The zero-order valence-corrected chi connectivity index (χ0v) is 10.5. The zero-order valence-electron chi connectivity index (χ0n) is 10.5. The van der Waals surface area contributed by atoms with Crippen LogP contribution in [0, 0.1) is 0 Å². The molecule has 0 aliphatic rings. The van der Waals surface area contributed by atoms with Crippen molar-refractivity contribution in [1.82, 2.24) is 15.3 Å². The topological polar surface area (TPSA) is 90.1 Å². The van der Waals surface area contributed by atoms with Crippen LogP contribution in [0.25, 0.3) is 0 Å². The molecule has 1 amide bonds. The molecule has 0 atom stereocenters. The Morgan fingerprint density at radius 2 is 2.26 bits per heavy atom. The number of carbonyl (C=O) groups is 1. The maximum absolute atomic E-state index is 11.9. The average Bonchev–Trinajstić information content (AvgIpc) is 2.45. The highest BCUT2D eigenvalue weighted by molar-refractivity contribution is 5.98. The number of nitrogens with zero attached hydrogens (tertiary/aromatic N) is 2. The van der Waals surface area contributed by atoms with Crippen LogP contribution in [0.5, 0.6) is 5.88 Å². The second kappa shape index (κ2) is 5.81. The number of ether oxygens (including phenoxy) is 1. The molecule has 0 radical (unpaired) electrons. The van der Waals surface area contributed by atoms with Gasteiger partial charge in [-0.15, -0.1) is 0 Å². The van der Waals surface area contributed by atoms with Gasteiger partial charge in [-0.3, -0.25) is 9.78 Å². The molecule has 0 bridgehead atoms. The Kier molecular flexibility index (Phi) is 3.92. The predicted molar refractivity (Wildman–Crippen MR) is 70.6 cm³/mol. The van der Waals surface area contributed by atoms with Gasteiger partial charge in [-0.2, -0.15) is 0 Å². The number of amides is 1. The molecule has 6 heteroatoms. The van der Waals surface area contributed by atoms with Gasteiger partial charge in [-0.05, 0) is 17.7 Å². The van der Waals surface area contributed by atoms with Gasteiger partial charge in [0.05, 0.1) is 24.6 Å². The maximum atomic E-state index is 11.9. The summed E-state index contributed by atoms with van der Waals surface area (Å²) >= 11 is 0. The SMILES string of the molecule is COc1cc(CNC(=O)c2ccncc2N)ccn1. The van der Waals surface area contributed by atoms with E-state index in [4.69, 9.17) is 10.5 Å². The molecule has 2 aromatic heterocycles. The molecule has 0 aliphatic heterocycles. The zero-order chi connectivity index (χ0) is 13.7. The summed E-state index contributed by atoms with van der Waals surface area (Å²) in [4.78, 5) is 19.8. The Labute approximate surface area is 110 Å². The van der Waals surface area contributed by atoms with Gasteiger partial charge in [0, 0.05) is 25.0 Å². The number of hydrogen-bond acceptors (Lipinski definition) is 5. The Balaban J connectivity index is 2.02. The third-order valence-electron chi connectivity index (χ3n) is 2.56. The normalized spacial score (nSPS) is 9.95. The minimum Gasteiger partial charge on any atom is -0.481 e. The number of nitrogens with two attached hydrogens (primary N) is 1. The Morgan fingerprint density at radius 3 is 3.00 bits per heavy atom. The van der Waals surface area contributed by atoms with Crippen LogP contribution in [0.15, 0.2) is 36.8 Å². The lowest BCUT2D eigenvalue weighted by Gasteiger charge is -2.07. The number of aromatic nitrogens is 2. The molecule has 0 saturated carbocycles. The van der Waals surface area contributed by atoms with E-state index in [1.165, 1.54) is 12.4 Å². The van der Waals surface area contributed by atoms with Crippen molar-refractivity contribution in [3.8, 4) is 5.88 Å². The molecule has 0 fully saturated rings. The van der Waals surface area contributed by atoms with Crippen LogP contribution in [0.3, 0.4) is 0 Å². The smallest absolute Gasteiger partial charge is 0.253 e. The molecule has 2 rings (SSSR count). The second-order valence-electron chi connectivity index (χ2n) is 3.85.